The monoisotopic (exact) mass is 236 g/mol. The minimum atomic E-state index is -1.54. The largest absolute Gasteiger partial charge is 0.481 e. The number of halogens is 3. The Labute approximate surface area is 88.9 Å². The Morgan fingerprint density at radius 1 is 1.47 bits per heavy atom. The van der Waals surface area contributed by atoms with Crippen molar-refractivity contribution in [2.75, 3.05) is 0 Å². The third kappa shape index (κ3) is 2.64. The molecule has 2 N–H and O–H groups in total. The van der Waals surface area contributed by atoms with Crippen molar-refractivity contribution in [3.05, 3.63) is 34.4 Å². The lowest BCUT2D eigenvalue weighted by atomic mass is 10.1. The number of hydrogen-bond acceptors (Lipinski definition) is 2. The van der Waals surface area contributed by atoms with E-state index in [4.69, 9.17) is 16.7 Å². The molecule has 0 saturated heterocycles. The van der Waals surface area contributed by atoms with Crippen LogP contribution in [0.5, 0.6) is 0 Å². The summed E-state index contributed by atoms with van der Waals surface area (Å²) in [4.78, 5) is 10.3. The molecule has 0 spiro atoms. The molecule has 1 aromatic rings. The van der Waals surface area contributed by atoms with Gasteiger partial charge < -0.3 is 10.2 Å². The summed E-state index contributed by atoms with van der Waals surface area (Å²) < 4.78 is 26.0. The highest BCUT2D eigenvalue weighted by Gasteiger charge is 2.19. The Morgan fingerprint density at radius 3 is 2.60 bits per heavy atom. The number of carboxylic acids is 1. The second kappa shape index (κ2) is 4.55. The van der Waals surface area contributed by atoms with Gasteiger partial charge in [0.2, 0.25) is 0 Å². The lowest BCUT2D eigenvalue weighted by molar-refractivity contribution is -0.139. The van der Waals surface area contributed by atoms with E-state index in [1.54, 1.807) is 0 Å². The smallest absolute Gasteiger partial charge is 0.306 e. The van der Waals surface area contributed by atoms with E-state index in [1.165, 1.54) is 0 Å². The summed E-state index contributed by atoms with van der Waals surface area (Å²) in [6, 6.07) is 1.83. The molecule has 0 aromatic heterocycles. The molecule has 3 nitrogen and oxygen atoms in total. The average Bonchev–Trinajstić information content (AvgIpc) is 2.13. The fourth-order valence-electron chi connectivity index (χ4n) is 1.07. The van der Waals surface area contributed by atoms with Crippen LogP contribution >= 0.6 is 11.6 Å². The summed E-state index contributed by atoms with van der Waals surface area (Å²) >= 11 is 5.25. The molecule has 0 aliphatic heterocycles. The Morgan fingerprint density at radius 2 is 2.07 bits per heavy atom. The van der Waals surface area contributed by atoms with E-state index in [2.05, 4.69) is 0 Å². The van der Waals surface area contributed by atoms with Gasteiger partial charge in [-0.05, 0) is 6.07 Å². The van der Waals surface area contributed by atoms with Crippen LogP contribution in [0, 0.1) is 11.6 Å². The van der Waals surface area contributed by atoms with Gasteiger partial charge in [0.25, 0.3) is 0 Å². The van der Waals surface area contributed by atoms with Crippen LogP contribution < -0.4 is 0 Å². The molecule has 0 fully saturated rings. The molecule has 0 radical (unpaired) electrons. The number of carbonyl (C=O) groups is 1. The fraction of sp³-hybridized carbons (Fsp3) is 0.222. The minimum Gasteiger partial charge on any atom is -0.481 e. The maximum atomic E-state index is 13.2. The van der Waals surface area contributed by atoms with Crippen molar-refractivity contribution < 1.29 is 23.8 Å². The van der Waals surface area contributed by atoms with Crippen LogP contribution in [0.4, 0.5) is 8.78 Å². The van der Waals surface area contributed by atoms with Gasteiger partial charge in [-0.15, -0.1) is 0 Å². The number of aliphatic carboxylic acids is 1. The van der Waals surface area contributed by atoms with Crippen LogP contribution in [0.25, 0.3) is 0 Å². The van der Waals surface area contributed by atoms with Crippen molar-refractivity contribution in [1.82, 2.24) is 0 Å². The standard InChI is InChI=1S/C9H7ClF2O3/c10-8-5(11)2-1-4(9(8)12)6(13)3-7(14)15/h1-2,6,13H,3H2,(H,14,15)/t6-/m1/s1. The van der Waals surface area contributed by atoms with Crippen molar-refractivity contribution in [3.63, 3.8) is 0 Å². The third-order valence-electron chi connectivity index (χ3n) is 1.79. The molecule has 1 aromatic carbocycles. The van der Waals surface area contributed by atoms with Gasteiger partial charge >= 0.3 is 5.97 Å². The first-order chi connectivity index (χ1) is 6.93. The van der Waals surface area contributed by atoms with Gasteiger partial charge in [-0.3, -0.25) is 4.79 Å². The van der Waals surface area contributed by atoms with Crippen LogP contribution in [0.2, 0.25) is 5.02 Å². The minimum absolute atomic E-state index is 0.330. The van der Waals surface area contributed by atoms with E-state index in [0.717, 1.165) is 12.1 Å². The molecule has 0 aliphatic rings. The van der Waals surface area contributed by atoms with Gasteiger partial charge in [-0.1, -0.05) is 17.7 Å². The summed E-state index contributed by atoms with van der Waals surface area (Å²) in [5, 5.41) is 16.9. The first-order valence-corrected chi connectivity index (χ1v) is 4.34. The second-order valence-corrected chi connectivity index (χ2v) is 3.26. The van der Waals surface area contributed by atoms with Crippen LogP contribution in [-0.4, -0.2) is 16.2 Å². The van der Waals surface area contributed by atoms with E-state index in [9.17, 15) is 18.7 Å². The fourth-order valence-corrected chi connectivity index (χ4v) is 1.25. The zero-order chi connectivity index (χ0) is 11.6. The maximum Gasteiger partial charge on any atom is 0.306 e. The number of carboxylic acid groups (broad SMARTS) is 1. The lowest BCUT2D eigenvalue weighted by Crippen LogP contribution is -2.08. The molecule has 6 heteroatoms. The van der Waals surface area contributed by atoms with Crippen LogP contribution in [0.1, 0.15) is 18.1 Å². The Kier molecular flexibility index (Phi) is 3.60. The normalized spacial score (nSPS) is 12.5. The number of rotatable bonds is 3. The number of aliphatic hydroxyl groups excluding tert-OH is 1. The summed E-state index contributed by atoms with van der Waals surface area (Å²) in [6.45, 7) is 0. The van der Waals surface area contributed by atoms with Crippen LogP contribution in [0.3, 0.4) is 0 Å². The molecule has 0 amide bonds. The van der Waals surface area contributed by atoms with Gasteiger partial charge in [-0.2, -0.15) is 0 Å². The summed E-state index contributed by atoms with van der Waals surface area (Å²) in [5.74, 6) is -3.38. The summed E-state index contributed by atoms with van der Waals surface area (Å²) in [7, 11) is 0. The summed E-state index contributed by atoms with van der Waals surface area (Å²) in [5.41, 5.74) is -0.330. The molecule has 1 atom stereocenters. The van der Waals surface area contributed by atoms with Crippen molar-refractivity contribution in [2.45, 2.75) is 12.5 Å². The van der Waals surface area contributed by atoms with Crippen molar-refractivity contribution in [1.29, 1.82) is 0 Å². The SMILES string of the molecule is O=C(O)C[C@@H](O)c1ccc(F)c(Cl)c1F. The third-order valence-corrected chi connectivity index (χ3v) is 2.14. The van der Waals surface area contributed by atoms with E-state index >= 15 is 0 Å². The van der Waals surface area contributed by atoms with Crippen LogP contribution in [0.15, 0.2) is 12.1 Å². The molecule has 15 heavy (non-hydrogen) atoms. The number of benzene rings is 1. The second-order valence-electron chi connectivity index (χ2n) is 2.88. The van der Waals surface area contributed by atoms with Gasteiger partial charge in [0, 0.05) is 5.56 Å². The van der Waals surface area contributed by atoms with Gasteiger partial charge in [0.15, 0.2) is 5.82 Å². The molecular formula is C9H7ClF2O3. The molecule has 0 unspecified atom stereocenters. The van der Waals surface area contributed by atoms with Crippen molar-refractivity contribution >= 4 is 17.6 Å². The zero-order valence-corrected chi connectivity index (χ0v) is 8.13. The molecule has 0 bridgehead atoms. The topological polar surface area (TPSA) is 57.5 Å². The average molecular weight is 237 g/mol. The number of hydrogen-bond donors (Lipinski definition) is 2. The molecular weight excluding hydrogens is 230 g/mol. The van der Waals surface area contributed by atoms with E-state index in [-0.39, 0.29) is 5.56 Å². The van der Waals surface area contributed by atoms with E-state index in [0.29, 0.717) is 0 Å². The Hall–Kier alpha value is -1.20. The number of aliphatic hydroxyl groups is 1. The molecule has 82 valence electrons. The highest BCUT2D eigenvalue weighted by atomic mass is 35.5. The van der Waals surface area contributed by atoms with Gasteiger partial charge in [0.1, 0.15) is 10.8 Å². The first-order valence-electron chi connectivity index (χ1n) is 3.96. The maximum absolute atomic E-state index is 13.2. The predicted octanol–water partition coefficient (Wildman–Crippen LogP) is 2.13. The molecule has 0 heterocycles. The first kappa shape index (κ1) is 11.9. The Balaban J connectivity index is 3.05. The molecule has 0 saturated carbocycles. The van der Waals surface area contributed by atoms with Crippen LogP contribution in [-0.2, 0) is 4.79 Å². The van der Waals surface area contributed by atoms with Crippen molar-refractivity contribution in [2.24, 2.45) is 0 Å². The van der Waals surface area contributed by atoms with E-state index in [1.807, 2.05) is 0 Å². The van der Waals surface area contributed by atoms with E-state index < -0.39 is 35.2 Å². The molecule has 0 aliphatic carbocycles. The predicted molar refractivity (Wildman–Crippen MR) is 48.6 cm³/mol. The molecule has 1 rings (SSSR count). The van der Waals surface area contributed by atoms with Gasteiger partial charge in [0.05, 0.1) is 12.5 Å². The van der Waals surface area contributed by atoms with Crippen molar-refractivity contribution in [3.8, 4) is 0 Å². The zero-order valence-electron chi connectivity index (χ0n) is 7.38. The lowest BCUT2D eigenvalue weighted by Gasteiger charge is -2.10. The highest BCUT2D eigenvalue weighted by molar-refractivity contribution is 6.30. The van der Waals surface area contributed by atoms with Gasteiger partial charge in [-0.25, -0.2) is 8.78 Å². The summed E-state index contributed by atoms with van der Waals surface area (Å²) in [6.07, 6.45) is -2.21. The Bertz CT molecular complexity index is 395. The quantitative estimate of drug-likeness (QED) is 0.791. The highest BCUT2D eigenvalue weighted by Crippen LogP contribution is 2.27.